The van der Waals surface area contributed by atoms with E-state index in [1.54, 1.807) is 13.0 Å². The molecule has 0 bridgehead atoms. The summed E-state index contributed by atoms with van der Waals surface area (Å²) in [6.07, 6.45) is 0.246. The maximum absolute atomic E-state index is 15.3. The van der Waals surface area contributed by atoms with E-state index in [4.69, 9.17) is 9.47 Å². The van der Waals surface area contributed by atoms with Crippen molar-refractivity contribution in [3.05, 3.63) is 58.0 Å². The molecule has 1 aliphatic heterocycles. The van der Waals surface area contributed by atoms with Gasteiger partial charge in [-0.05, 0) is 44.7 Å². The minimum atomic E-state index is -2.43. The predicted molar refractivity (Wildman–Crippen MR) is 142 cm³/mol. The molecule has 2 N–H and O–H groups in total. The van der Waals surface area contributed by atoms with Gasteiger partial charge in [0.2, 0.25) is 6.43 Å². The maximum atomic E-state index is 15.3. The molecule has 4 rings (SSSR count). The average Bonchev–Trinajstić information content (AvgIpc) is 3.16. The number of halogens is 4. The van der Waals surface area contributed by atoms with Gasteiger partial charge in [0.1, 0.15) is 29.1 Å². The van der Waals surface area contributed by atoms with Crippen LogP contribution in [0, 0.1) is 17.6 Å². The number of pyridine rings is 1. The summed E-state index contributed by atoms with van der Waals surface area (Å²) < 4.78 is 68.1. The Labute approximate surface area is 234 Å². The summed E-state index contributed by atoms with van der Waals surface area (Å²) in [6.45, 7) is 1.99. The van der Waals surface area contributed by atoms with Crippen molar-refractivity contribution in [2.75, 3.05) is 25.7 Å². The lowest BCUT2D eigenvalue weighted by Gasteiger charge is -2.29. The molecule has 3 atom stereocenters. The van der Waals surface area contributed by atoms with E-state index in [1.807, 2.05) is 0 Å². The number of urea groups is 1. The van der Waals surface area contributed by atoms with Gasteiger partial charge in [-0.3, -0.25) is 9.59 Å². The van der Waals surface area contributed by atoms with Crippen molar-refractivity contribution in [3.63, 3.8) is 0 Å². The summed E-state index contributed by atoms with van der Waals surface area (Å²) in [5.74, 6) is -4.70. The standard InChI is InChI=1S/C28H34F4N4O5/c1-15-22(23-19(29)13-18(41-3)14-20(23)30)24(34-28(39)33-17-8-6-16(7-9-17)25(31)32)27(38)36(15)21-5-4-10-35(26(21)37)11-12-40-2/h4-5,10,13-17,22,24-25H,6-9,11-12H2,1-3H3,(H2,33,34,39)/t15-,16?,17?,22-,24?/m0/s1. The first kappa shape index (κ1) is 30.4. The largest absolute Gasteiger partial charge is 0.497 e. The molecular weight excluding hydrogens is 548 g/mol. The number of nitrogens with one attached hydrogen (secondary N) is 2. The first-order valence-corrected chi connectivity index (χ1v) is 13.5. The molecule has 1 saturated carbocycles. The van der Waals surface area contributed by atoms with Gasteiger partial charge in [-0.25, -0.2) is 22.4 Å². The first-order chi connectivity index (χ1) is 19.6. The average molecular weight is 583 g/mol. The summed E-state index contributed by atoms with van der Waals surface area (Å²) in [7, 11) is 2.74. The third-order valence-electron chi connectivity index (χ3n) is 7.96. The van der Waals surface area contributed by atoms with E-state index >= 15 is 8.78 Å². The highest BCUT2D eigenvalue weighted by Gasteiger charge is 2.50. The van der Waals surface area contributed by atoms with Crippen LogP contribution in [0.5, 0.6) is 5.75 Å². The molecule has 1 aliphatic carbocycles. The smallest absolute Gasteiger partial charge is 0.315 e. The summed E-state index contributed by atoms with van der Waals surface area (Å²) in [4.78, 5) is 41.3. The Morgan fingerprint density at radius 3 is 2.32 bits per heavy atom. The molecule has 41 heavy (non-hydrogen) atoms. The van der Waals surface area contributed by atoms with Gasteiger partial charge in [-0.15, -0.1) is 0 Å². The highest BCUT2D eigenvalue weighted by molar-refractivity contribution is 6.03. The van der Waals surface area contributed by atoms with E-state index in [2.05, 4.69) is 10.6 Å². The number of methoxy groups -OCH3 is 2. The minimum Gasteiger partial charge on any atom is -0.497 e. The summed E-state index contributed by atoms with van der Waals surface area (Å²) >= 11 is 0. The second kappa shape index (κ2) is 12.9. The fraction of sp³-hybridized carbons (Fsp3) is 0.536. The number of rotatable bonds is 9. The van der Waals surface area contributed by atoms with Crippen molar-refractivity contribution in [1.82, 2.24) is 15.2 Å². The Hall–Kier alpha value is -3.61. The molecule has 2 fully saturated rings. The van der Waals surface area contributed by atoms with Crippen molar-refractivity contribution in [2.24, 2.45) is 5.92 Å². The molecule has 0 radical (unpaired) electrons. The number of anilines is 1. The fourth-order valence-corrected chi connectivity index (χ4v) is 5.80. The molecule has 2 aromatic rings. The van der Waals surface area contributed by atoms with Gasteiger partial charge in [-0.1, -0.05) is 0 Å². The van der Waals surface area contributed by atoms with Crippen LogP contribution in [0.1, 0.15) is 44.1 Å². The van der Waals surface area contributed by atoms with Gasteiger partial charge in [0.25, 0.3) is 11.5 Å². The number of carbonyl (C=O) groups is 2. The fourth-order valence-electron chi connectivity index (χ4n) is 5.80. The second-order valence-electron chi connectivity index (χ2n) is 10.4. The Balaban J connectivity index is 1.66. The molecule has 2 heterocycles. The predicted octanol–water partition coefficient (Wildman–Crippen LogP) is 3.79. The van der Waals surface area contributed by atoms with Crippen molar-refractivity contribution < 1.29 is 36.6 Å². The lowest BCUT2D eigenvalue weighted by Crippen LogP contribution is -2.51. The van der Waals surface area contributed by atoms with Crippen molar-refractivity contribution in [2.45, 2.75) is 69.6 Å². The van der Waals surface area contributed by atoms with Gasteiger partial charge < -0.3 is 29.6 Å². The molecule has 1 aromatic carbocycles. The SMILES string of the molecule is COCCn1cccc(N2C(=O)C(NC(=O)NC3CCC(C(F)F)CC3)[C@H](c3c(F)cc(OC)cc3F)[C@@H]2C)c1=O. The number of aromatic nitrogens is 1. The molecule has 2 aliphatic rings. The third-order valence-corrected chi connectivity index (χ3v) is 7.96. The zero-order valence-corrected chi connectivity index (χ0v) is 23.0. The highest BCUT2D eigenvalue weighted by Crippen LogP contribution is 2.40. The van der Waals surface area contributed by atoms with Gasteiger partial charge in [0, 0.05) is 61.5 Å². The lowest BCUT2D eigenvalue weighted by molar-refractivity contribution is -0.118. The van der Waals surface area contributed by atoms with Crippen molar-refractivity contribution in [3.8, 4) is 5.75 Å². The molecule has 9 nitrogen and oxygen atoms in total. The molecule has 1 saturated heterocycles. The molecular formula is C28H34F4N4O5. The molecule has 13 heteroatoms. The zero-order valence-electron chi connectivity index (χ0n) is 23.0. The lowest BCUT2D eigenvalue weighted by atomic mass is 9.86. The zero-order chi connectivity index (χ0) is 29.8. The van der Waals surface area contributed by atoms with Crippen LogP contribution in [0.3, 0.4) is 0 Å². The number of benzene rings is 1. The number of hydrogen-bond acceptors (Lipinski definition) is 5. The Kier molecular flexibility index (Phi) is 9.57. The van der Waals surface area contributed by atoms with Gasteiger partial charge in [0.05, 0.1) is 13.7 Å². The van der Waals surface area contributed by atoms with Gasteiger partial charge in [0.15, 0.2) is 0 Å². The van der Waals surface area contributed by atoms with Crippen LogP contribution in [-0.2, 0) is 16.1 Å². The van der Waals surface area contributed by atoms with E-state index in [9.17, 15) is 23.2 Å². The topological polar surface area (TPSA) is 102 Å². The number of ether oxygens (including phenoxy) is 2. The third kappa shape index (κ3) is 6.34. The van der Waals surface area contributed by atoms with Crippen LogP contribution in [0.25, 0.3) is 0 Å². The summed E-state index contributed by atoms with van der Waals surface area (Å²) in [6, 6.07) is 1.41. The number of hydrogen-bond donors (Lipinski definition) is 2. The van der Waals surface area contributed by atoms with E-state index in [0.29, 0.717) is 12.8 Å². The van der Waals surface area contributed by atoms with E-state index in [1.165, 1.54) is 31.0 Å². The van der Waals surface area contributed by atoms with Gasteiger partial charge >= 0.3 is 6.03 Å². The second-order valence-corrected chi connectivity index (χ2v) is 10.4. The van der Waals surface area contributed by atoms with Crippen molar-refractivity contribution >= 4 is 17.6 Å². The number of amides is 3. The van der Waals surface area contributed by atoms with Gasteiger partial charge in [-0.2, -0.15) is 0 Å². The van der Waals surface area contributed by atoms with Crippen LogP contribution in [-0.4, -0.2) is 61.9 Å². The maximum Gasteiger partial charge on any atom is 0.315 e. The van der Waals surface area contributed by atoms with Crippen LogP contribution in [0.4, 0.5) is 28.0 Å². The Morgan fingerprint density at radius 2 is 1.73 bits per heavy atom. The quantitative estimate of drug-likeness (QED) is 0.439. The number of carbonyl (C=O) groups excluding carboxylic acids is 2. The Bertz CT molecular complexity index is 1290. The minimum absolute atomic E-state index is 0.0181. The molecule has 3 amide bonds. The van der Waals surface area contributed by atoms with E-state index < -0.39 is 71.1 Å². The van der Waals surface area contributed by atoms with Crippen molar-refractivity contribution in [1.29, 1.82) is 0 Å². The molecule has 1 aromatic heterocycles. The number of nitrogens with zero attached hydrogens (tertiary/aromatic N) is 2. The van der Waals surface area contributed by atoms with Crippen LogP contribution < -0.4 is 25.8 Å². The van der Waals surface area contributed by atoms with Crippen LogP contribution in [0.2, 0.25) is 0 Å². The monoisotopic (exact) mass is 582 g/mol. The van der Waals surface area contributed by atoms with E-state index in [0.717, 1.165) is 17.0 Å². The van der Waals surface area contributed by atoms with Crippen LogP contribution in [0.15, 0.2) is 35.3 Å². The number of alkyl halides is 2. The van der Waals surface area contributed by atoms with E-state index in [-0.39, 0.29) is 37.4 Å². The first-order valence-electron chi connectivity index (χ1n) is 13.5. The van der Waals surface area contributed by atoms with Crippen LogP contribution >= 0.6 is 0 Å². The molecule has 224 valence electrons. The summed E-state index contributed by atoms with van der Waals surface area (Å²) in [5.41, 5.74) is -0.969. The molecule has 1 unspecified atom stereocenters. The Morgan fingerprint density at radius 1 is 1.07 bits per heavy atom. The summed E-state index contributed by atoms with van der Waals surface area (Å²) in [5, 5.41) is 5.26. The highest BCUT2D eigenvalue weighted by atomic mass is 19.3. The molecule has 0 spiro atoms. The normalized spacial score (nSPS) is 24.5.